The maximum absolute atomic E-state index is 11.8. The van der Waals surface area contributed by atoms with Gasteiger partial charge in [-0.1, -0.05) is 18.5 Å². The molecule has 6 heteroatoms. The lowest BCUT2D eigenvalue weighted by molar-refractivity contribution is 0.0500. The van der Waals surface area contributed by atoms with Gasteiger partial charge in [0.2, 0.25) is 0 Å². The number of halogens is 1. The van der Waals surface area contributed by atoms with E-state index in [-0.39, 0.29) is 12.6 Å². The quantitative estimate of drug-likeness (QED) is 0.895. The molecule has 0 bridgehead atoms. The van der Waals surface area contributed by atoms with E-state index in [9.17, 15) is 9.90 Å². The van der Waals surface area contributed by atoms with E-state index in [1.807, 2.05) is 6.92 Å². The van der Waals surface area contributed by atoms with Gasteiger partial charge >= 0.3 is 6.09 Å². The molecule has 2 N–H and O–H groups in total. The Kier molecular flexibility index (Phi) is 5.77. The summed E-state index contributed by atoms with van der Waals surface area (Å²) >= 11 is 5.85. The summed E-state index contributed by atoms with van der Waals surface area (Å²) in [6.07, 6.45) is 1.61. The van der Waals surface area contributed by atoms with Gasteiger partial charge in [0.25, 0.3) is 0 Å². The van der Waals surface area contributed by atoms with E-state index in [0.717, 1.165) is 0 Å². The summed E-state index contributed by atoms with van der Waals surface area (Å²) in [6.45, 7) is 7.13. The summed E-state index contributed by atoms with van der Waals surface area (Å²) in [4.78, 5) is 16.0. The molecule has 0 aliphatic carbocycles. The lowest BCUT2D eigenvalue weighted by Crippen LogP contribution is -2.35. The van der Waals surface area contributed by atoms with Crippen LogP contribution in [0.5, 0.6) is 0 Å². The van der Waals surface area contributed by atoms with Gasteiger partial charge in [-0.05, 0) is 33.3 Å². The average molecular weight is 301 g/mol. The van der Waals surface area contributed by atoms with Crippen molar-refractivity contribution in [3.8, 4) is 0 Å². The molecule has 1 amide bonds. The van der Waals surface area contributed by atoms with Crippen LogP contribution in [0.3, 0.4) is 0 Å². The minimum Gasteiger partial charge on any atom is -0.444 e. The highest BCUT2D eigenvalue weighted by molar-refractivity contribution is 6.30. The van der Waals surface area contributed by atoms with Crippen molar-refractivity contribution in [3.63, 3.8) is 0 Å². The molecule has 1 atom stereocenters. The number of pyridine rings is 1. The van der Waals surface area contributed by atoms with Crippen molar-refractivity contribution >= 4 is 17.7 Å². The monoisotopic (exact) mass is 300 g/mol. The van der Waals surface area contributed by atoms with E-state index in [1.54, 1.807) is 26.8 Å². The fourth-order valence-electron chi connectivity index (χ4n) is 1.75. The summed E-state index contributed by atoms with van der Waals surface area (Å²) in [5.41, 5.74) is 0.640. The van der Waals surface area contributed by atoms with Crippen LogP contribution in [0.4, 0.5) is 4.79 Å². The molecule has 0 aliphatic heterocycles. The number of aliphatic hydroxyl groups is 1. The molecule has 20 heavy (non-hydrogen) atoms. The number of ether oxygens (including phenoxy) is 1. The highest BCUT2D eigenvalue weighted by atomic mass is 35.5. The molecule has 0 radical (unpaired) electrons. The molecule has 0 unspecified atom stereocenters. The minimum absolute atomic E-state index is 0.185. The van der Waals surface area contributed by atoms with E-state index in [2.05, 4.69) is 10.3 Å². The topological polar surface area (TPSA) is 71.5 Å². The molecule has 0 saturated heterocycles. The Morgan fingerprint density at radius 2 is 2.20 bits per heavy atom. The molecule has 0 aliphatic rings. The molecule has 1 heterocycles. The van der Waals surface area contributed by atoms with Crippen LogP contribution in [-0.2, 0) is 11.3 Å². The number of alkyl carbamates (subject to hydrolysis) is 1. The lowest BCUT2D eigenvalue weighted by Gasteiger charge is -2.23. The maximum Gasteiger partial charge on any atom is 0.408 e. The molecule has 0 fully saturated rings. The van der Waals surface area contributed by atoms with Gasteiger partial charge in [-0.3, -0.25) is 4.98 Å². The molecule has 0 aromatic carbocycles. The SMILES string of the molecule is CC[C@H](NC(=O)OC(C)(C)C)c1ncc(Cl)cc1CO. The van der Waals surface area contributed by atoms with Gasteiger partial charge < -0.3 is 15.2 Å². The first kappa shape index (κ1) is 16.7. The van der Waals surface area contributed by atoms with Crippen molar-refractivity contribution in [2.75, 3.05) is 0 Å². The van der Waals surface area contributed by atoms with Crippen molar-refractivity contribution in [3.05, 3.63) is 28.5 Å². The molecular weight excluding hydrogens is 280 g/mol. The summed E-state index contributed by atoms with van der Waals surface area (Å²) < 4.78 is 5.22. The van der Waals surface area contributed by atoms with Gasteiger partial charge in [0.15, 0.2) is 0 Å². The van der Waals surface area contributed by atoms with Crippen molar-refractivity contribution in [2.45, 2.75) is 52.4 Å². The van der Waals surface area contributed by atoms with E-state index in [0.29, 0.717) is 22.7 Å². The third-order valence-corrected chi connectivity index (χ3v) is 2.77. The number of rotatable bonds is 4. The second-order valence-electron chi connectivity index (χ2n) is 5.46. The molecule has 0 saturated carbocycles. The number of aromatic nitrogens is 1. The van der Waals surface area contributed by atoms with Crippen molar-refractivity contribution < 1.29 is 14.6 Å². The lowest BCUT2D eigenvalue weighted by atomic mass is 10.1. The fraction of sp³-hybridized carbons (Fsp3) is 0.571. The van der Waals surface area contributed by atoms with Gasteiger partial charge in [-0.2, -0.15) is 0 Å². The second-order valence-corrected chi connectivity index (χ2v) is 5.90. The maximum atomic E-state index is 11.8. The van der Waals surface area contributed by atoms with Crippen LogP contribution >= 0.6 is 11.6 Å². The predicted molar refractivity (Wildman–Crippen MR) is 77.6 cm³/mol. The number of nitrogens with zero attached hydrogens (tertiary/aromatic N) is 1. The molecule has 1 aromatic rings. The Morgan fingerprint density at radius 1 is 1.55 bits per heavy atom. The summed E-state index contributed by atoms with van der Waals surface area (Å²) in [7, 11) is 0. The number of nitrogens with one attached hydrogen (secondary N) is 1. The second kappa shape index (κ2) is 6.90. The highest BCUT2D eigenvalue weighted by Gasteiger charge is 2.22. The van der Waals surface area contributed by atoms with Gasteiger partial charge in [0, 0.05) is 11.8 Å². The average Bonchev–Trinajstić information content (AvgIpc) is 2.34. The standard InChI is InChI=1S/C14H21ClN2O3/c1-5-11(17-13(19)20-14(2,3)4)12-9(8-18)6-10(15)7-16-12/h6-7,11,18H,5,8H2,1-4H3,(H,17,19)/t11-/m0/s1. The molecule has 112 valence electrons. The van der Waals surface area contributed by atoms with Crippen LogP contribution in [0.25, 0.3) is 0 Å². The van der Waals surface area contributed by atoms with Crippen LogP contribution < -0.4 is 5.32 Å². The molecule has 0 spiro atoms. The van der Waals surface area contributed by atoms with Gasteiger partial charge in [0.05, 0.1) is 23.4 Å². The van der Waals surface area contributed by atoms with E-state index < -0.39 is 11.7 Å². The zero-order chi connectivity index (χ0) is 15.3. The minimum atomic E-state index is -0.560. The van der Waals surface area contributed by atoms with E-state index in [1.165, 1.54) is 6.20 Å². The van der Waals surface area contributed by atoms with Crippen molar-refractivity contribution in [1.82, 2.24) is 10.3 Å². The first-order chi connectivity index (χ1) is 9.26. The number of aliphatic hydroxyl groups excluding tert-OH is 1. The highest BCUT2D eigenvalue weighted by Crippen LogP contribution is 2.22. The molecule has 1 aromatic heterocycles. The number of carbonyl (C=O) groups is 1. The fourth-order valence-corrected chi connectivity index (χ4v) is 1.93. The first-order valence-electron chi connectivity index (χ1n) is 6.51. The Labute approximate surface area is 124 Å². The number of amides is 1. The normalized spacial score (nSPS) is 12.9. The first-order valence-corrected chi connectivity index (χ1v) is 6.89. The van der Waals surface area contributed by atoms with Crippen molar-refractivity contribution in [1.29, 1.82) is 0 Å². The largest absolute Gasteiger partial charge is 0.444 e. The summed E-state index contributed by atoms with van der Waals surface area (Å²) in [5, 5.41) is 12.6. The Bertz CT molecular complexity index is 472. The van der Waals surface area contributed by atoms with Crippen LogP contribution in [0.2, 0.25) is 5.02 Å². The smallest absolute Gasteiger partial charge is 0.408 e. The number of hydrogen-bond donors (Lipinski definition) is 2. The molecule has 5 nitrogen and oxygen atoms in total. The number of carbonyl (C=O) groups excluding carboxylic acids is 1. The Balaban J connectivity index is 2.89. The third kappa shape index (κ3) is 4.98. The zero-order valence-corrected chi connectivity index (χ0v) is 13.0. The Morgan fingerprint density at radius 3 is 2.70 bits per heavy atom. The van der Waals surface area contributed by atoms with E-state index in [4.69, 9.17) is 16.3 Å². The van der Waals surface area contributed by atoms with E-state index >= 15 is 0 Å². The molecule has 1 rings (SSSR count). The summed E-state index contributed by atoms with van der Waals surface area (Å²) in [6, 6.07) is 1.31. The Hall–Kier alpha value is -1.33. The van der Waals surface area contributed by atoms with Gasteiger partial charge in [-0.25, -0.2) is 4.79 Å². The van der Waals surface area contributed by atoms with Crippen LogP contribution in [0, 0.1) is 0 Å². The van der Waals surface area contributed by atoms with Crippen LogP contribution in [-0.4, -0.2) is 21.8 Å². The third-order valence-electron chi connectivity index (χ3n) is 2.57. The zero-order valence-electron chi connectivity index (χ0n) is 12.2. The summed E-state index contributed by atoms with van der Waals surface area (Å²) in [5.74, 6) is 0. The predicted octanol–water partition coefficient (Wildman–Crippen LogP) is 3.20. The van der Waals surface area contributed by atoms with Gasteiger partial charge in [0.1, 0.15) is 5.60 Å². The van der Waals surface area contributed by atoms with Crippen LogP contribution in [0.15, 0.2) is 12.3 Å². The van der Waals surface area contributed by atoms with Gasteiger partial charge in [-0.15, -0.1) is 0 Å². The van der Waals surface area contributed by atoms with Crippen LogP contribution in [0.1, 0.15) is 51.4 Å². The van der Waals surface area contributed by atoms with Crippen molar-refractivity contribution in [2.24, 2.45) is 0 Å². The number of hydrogen-bond acceptors (Lipinski definition) is 4. The molecular formula is C14H21ClN2O3.